The number of halogens is 1. The summed E-state index contributed by atoms with van der Waals surface area (Å²) < 4.78 is 13.3. The highest BCUT2D eigenvalue weighted by molar-refractivity contribution is 6.07. The van der Waals surface area contributed by atoms with Gasteiger partial charge >= 0.3 is 0 Å². The molecule has 1 amide bonds. The number of H-pyrrole nitrogens is 1. The van der Waals surface area contributed by atoms with Crippen LogP contribution in [0.25, 0.3) is 10.9 Å². The van der Waals surface area contributed by atoms with Gasteiger partial charge in [0, 0.05) is 41.2 Å². The van der Waals surface area contributed by atoms with Crippen molar-refractivity contribution in [3.05, 3.63) is 75.7 Å². The number of nitrogens with one attached hydrogen (secondary N) is 2. The number of hydrogen-bond acceptors (Lipinski definition) is 3. The summed E-state index contributed by atoms with van der Waals surface area (Å²) in [5.74, 6) is -0.554. The first kappa shape index (κ1) is 18.2. The van der Waals surface area contributed by atoms with Crippen LogP contribution in [-0.2, 0) is 5.41 Å². The van der Waals surface area contributed by atoms with E-state index in [1.54, 1.807) is 24.4 Å². The van der Waals surface area contributed by atoms with Crippen molar-refractivity contribution in [2.45, 2.75) is 31.1 Å². The lowest BCUT2D eigenvalue weighted by Crippen LogP contribution is -2.39. The smallest absolute Gasteiger partial charge is 0.270 e. The molecule has 0 spiro atoms. The minimum Gasteiger partial charge on any atom is -0.360 e. The van der Waals surface area contributed by atoms with E-state index in [-0.39, 0.29) is 22.8 Å². The average molecular weight is 381 g/mol. The number of non-ortho nitro benzene ring substituents is 1. The first-order chi connectivity index (χ1) is 13.5. The normalized spacial score (nSPS) is 15.6. The molecule has 3 aromatic rings. The average Bonchev–Trinajstić information content (AvgIpc) is 3.34. The number of rotatable bonds is 5. The van der Waals surface area contributed by atoms with E-state index in [4.69, 9.17) is 0 Å². The van der Waals surface area contributed by atoms with Gasteiger partial charge < -0.3 is 10.3 Å². The molecule has 0 saturated heterocycles. The second kappa shape index (κ2) is 7.07. The van der Waals surface area contributed by atoms with E-state index in [1.807, 2.05) is 0 Å². The van der Waals surface area contributed by atoms with E-state index in [0.29, 0.717) is 23.0 Å². The van der Waals surface area contributed by atoms with E-state index >= 15 is 0 Å². The number of amides is 1. The Balaban J connectivity index is 1.58. The molecule has 1 aliphatic rings. The number of benzene rings is 2. The molecule has 1 heterocycles. The van der Waals surface area contributed by atoms with E-state index in [0.717, 1.165) is 31.2 Å². The fourth-order valence-electron chi connectivity index (χ4n) is 4.18. The van der Waals surface area contributed by atoms with Crippen LogP contribution in [0.1, 0.15) is 41.6 Å². The zero-order chi connectivity index (χ0) is 19.7. The highest BCUT2D eigenvalue weighted by Crippen LogP contribution is 2.40. The Hall–Kier alpha value is -3.22. The van der Waals surface area contributed by atoms with Gasteiger partial charge in [-0.2, -0.15) is 0 Å². The van der Waals surface area contributed by atoms with Crippen LogP contribution >= 0.6 is 0 Å². The van der Waals surface area contributed by atoms with Gasteiger partial charge in [0.15, 0.2) is 0 Å². The highest BCUT2D eigenvalue weighted by Gasteiger charge is 2.36. The first-order valence-electron chi connectivity index (χ1n) is 9.28. The number of aromatic amines is 1. The van der Waals surface area contributed by atoms with Gasteiger partial charge in [-0.05, 0) is 36.6 Å². The summed E-state index contributed by atoms with van der Waals surface area (Å²) in [7, 11) is 0. The van der Waals surface area contributed by atoms with Gasteiger partial charge in [-0.25, -0.2) is 4.39 Å². The summed E-state index contributed by atoms with van der Waals surface area (Å²) >= 11 is 0. The maximum Gasteiger partial charge on any atom is 0.270 e. The zero-order valence-electron chi connectivity index (χ0n) is 15.2. The lowest BCUT2D eigenvalue weighted by Gasteiger charge is -2.30. The van der Waals surface area contributed by atoms with Crippen molar-refractivity contribution in [2.75, 3.05) is 6.54 Å². The molecule has 4 rings (SSSR count). The summed E-state index contributed by atoms with van der Waals surface area (Å²) in [6.45, 7) is 0.444. The largest absolute Gasteiger partial charge is 0.360 e. The fourth-order valence-corrected chi connectivity index (χ4v) is 4.18. The molecule has 2 N–H and O–H groups in total. The number of carbonyl (C=O) groups excluding carboxylic acids is 1. The van der Waals surface area contributed by atoms with Crippen LogP contribution in [0.5, 0.6) is 0 Å². The Labute approximate surface area is 160 Å². The molecule has 1 aromatic heterocycles. The second-order valence-electron chi connectivity index (χ2n) is 7.37. The summed E-state index contributed by atoms with van der Waals surface area (Å²) in [4.78, 5) is 26.4. The molecule has 1 saturated carbocycles. The van der Waals surface area contributed by atoms with Crippen molar-refractivity contribution >= 4 is 22.5 Å². The van der Waals surface area contributed by atoms with Gasteiger partial charge in [-0.1, -0.05) is 25.0 Å². The molecule has 0 aliphatic heterocycles. The number of nitrogens with zero attached hydrogens (tertiary/aromatic N) is 1. The molecule has 0 bridgehead atoms. The summed E-state index contributed by atoms with van der Waals surface area (Å²) in [6.07, 6.45) is 5.55. The molecule has 6 nitrogen and oxygen atoms in total. The monoisotopic (exact) mass is 381 g/mol. The number of aromatic nitrogens is 1. The maximum absolute atomic E-state index is 13.3. The SMILES string of the molecule is O=C(NCC1(c2ccc(F)cc2)CCCC1)c1c[nH]c2ccc([N+](=O)[O-])cc12. The Kier molecular flexibility index (Phi) is 4.58. The Bertz CT molecular complexity index is 1040. The molecular formula is C21H20FN3O3. The van der Waals surface area contributed by atoms with Crippen molar-refractivity contribution in [1.82, 2.24) is 10.3 Å². The van der Waals surface area contributed by atoms with Crippen LogP contribution in [0.2, 0.25) is 0 Å². The summed E-state index contributed by atoms with van der Waals surface area (Å²) in [5.41, 5.74) is 1.82. The molecular weight excluding hydrogens is 361 g/mol. The molecule has 1 fully saturated rings. The highest BCUT2D eigenvalue weighted by atomic mass is 19.1. The lowest BCUT2D eigenvalue weighted by atomic mass is 9.78. The van der Waals surface area contributed by atoms with E-state index in [1.165, 1.54) is 24.3 Å². The summed E-state index contributed by atoms with van der Waals surface area (Å²) in [6, 6.07) is 10.9. The number of nitro benzene ring substituents is 1. The van der Waals surface area contributed by atoms with Gasteiger partial charge in [0.25, 0.3) is 11.6 Å². The molecule has 0 atom stereocenters. The molecule has 144 valence electrons. The lowest BCUT2D eigenvalue weighted by molar-refractivity contribution is -0.384. The molecule has 28 heavy (non-hydrogen) atoms. The van der Waals surface area contributed by atoms with Crippen molar-refractivity contribution in [2.24, 2.45) is 0 Å². The predicted octanol–water partition coefficient (Wildman–Crippen LogP) is 4.46. The van der Waals surface area contributed by atoms with Gasteiger partial charge in [0.05, 0.1) is 10.5 Å². The molecule has 7 heteroatoms. The van der Waals surface area contributed by atoms with Crippen molar-refractivity contribution in [3.8, 4) is 0 Å². The van der Waals surface area contributed by atoms with Crippen LogP contribution in [0, 0.1) is 15.9 Å². The van der Waals surface area contributed by atoms with E-state index in [9.17, 15) is 19.3 Å². The van der Waals surface area contributed by atoms with Gasteiger partial charge in [0.2, 0.25) is 0 Å². The van der Waals surface area contributed by atoms with Crippen LogP contribution in [-0.4, -0.2) is 22.4 Å². The second-order valence-corrected chi connectivity index (χ2v) is 7.37. The minimum absolute atomic E-state index is 0.0558. The molecule has 1 aliphatic carbocycles. The number of hydrogen-bond donors (Lipinski definition) is 2. The number of nitro groups is 1. The molecule has 2 aromatic carbocycles. The molecule has 0 radical (unpaired) electrons. The summed E-state index contributed by atoms with van der Waals surface area (Å²) in [5, 5.41) is 14.6. The van der Waals surface area contributed by atoms with E-state index in [2.05, 4.69) is 10.3 Å². The van der Waals surface area contributed by atoms with Crippen LogP contribution < -0.4 is 5.32 Å². The van der Waals surface area contributed by atoms with Crippen molar-refractivity contribution in [3.63, 3.8) is 0 Å². The van der Waals surface area contributed by atoms with Gasteiger partial charge in [-0.3, -0.25) is 14.9 Å². The standard InChI is InChI=1S/C21H20FN3O3/c22-15-5-3-14(4-6-15)21(9-1-2-10-21)13-24-20(26)18-12-23-19-8-7-16(25(27)28)11-17(18)19/h3-8,11-12,23H,1-2,9-10,13H2,(H,24,26). The topological polar surface area (TPSA) is 88.0 Å². The number of carbonyl (C=O) groups is 1. The van der Waals surface area contributed by atoms with Gasteiger partial charge in [-0.15, -0.1) is 0 Å². The van der Waals surface area contributed by atoms with E-state index < -0.39 is 4.92 Å². The quantitative estimate of drug-likeness (QED) is 0.505. The minimum atomic E-state index is -0.476. The zero-order valence-corrected chi connectivity index (χ0v) is 15.2. The fraction of sp³-hybridized carbons (Fsp3) is 0.286. The Morgan fingerprint density at radius 2 is 1.89 bits per heavy atom. The Morgan fingerprint density at radius 1 is 1.18 bits per heavy atom. The third-order valence-electron chi connectivity index (χ3n) is 5.73. The van der Waals surface area contributed by atoms with Crippen LogP contribution in [0.4, 0.5) is 10.1 Å². The first-order valence-corrected chi connectivity index (χ1v) is 9.28. The van der Waals surface area contributed by atoms with Crippen molar-refractivity contribution < 1.29 is 14.1 Å². The third kappa shape index (κ3) is 3.24. The maximum atomic E-state index is 13.3. The van der Waals surface area contributed by atoms with Crippen LogP contribution in [0.15, 0.2) is 48.7 Å². The van der Waals surface area contributed by atoms with Gasteiger partial charge in [0.1, 0.15) is 5.82 Å². The van der Waals surface area contributed by atoms with Crippen molar-refractivity contribution in [1.29, 1.82) is 0 Å². The molecule has 0 unspecified atom stereocenters. The number of fused-ring (bicyclic) bond motifs is 1. The predicted molar refractivity (Wildman–Crippen MR) is 104 cm³/mol. The third-order valence-corrected chi connectivity index (χ3v) is 5.73. The van der Waals surface area contributed by atoms with Crippen LogP contribution in [0.3, 0.4) is 0 Å². The Morgan fingerprint density at radius 3 is 2.57 bits per heavy atom.